The topological polar surface area (TPSA) is 61.8 Å². The van der Waals surface area contributed by atoms with Gasteiger partial charge in [0.25, 0.3) is 0 Å². The quantitative estimate of drug-likeness (QED) is 0.401. The van der Waals surface area contributed by atoms with Crippen LogP contribution in [-0.2, 0) is 9.84 Å². The summed E-state index contributed by atoms with van der Waals surface area (Å²) in [6, 6.07) is 0. The molecule has 1 saturated heterocycles. The molecule has 21 heavy (non-hydrogen) atoms. The van der Waals surface area contributed by atoms with Gasteiger partial charge < -0.3 is 10.2 Å². The highest BCUT2D eigenvalue weighted by Gasteiger charge is 2.41. The lowest BCUT2D eigenvalue weighted by Gasteiger charge is -2.39. The molecule has 1 heterocycles. The van der Waals surface area contributed by atoms with Gasteiger partial charge in [-0.15, -0.1) is 24.0 Å². The van der Waals surface area contributed by atoms with Crippen LogP contribution in [0, 0.1) is 0 Å². The molecule has 126 valence electrons. The Morgan fingerprint density at radius 3 is 2.38 bits per heavy atom. The SMILES string of the molecule is CN=C(NCCC(F)(F)F)N1CCS(=O)(=O)C(C)(C)C1.I. The van der Waals surface area contributed by atoms with Crippen molar-refractivity contribution in [3.63, 3.8) is 0 Å². The number of nitrogens with zero attached hydrogens (tertiary/aromatic N) is 2. The maximum atomic E-state index is 12.1. The highest BCUT2D eigenvalue weighted by molar-refractivity contribution is 14.0. The molecule has 5 nitrogen and oxygen atoms in total. The number of halogens is 4. The molecule has 0 bridgehead atoms. The Morgan fingerprint density at radius 2 is 1.95 bits per heavy atom. The van der Waals surface area contributed by atoms with Gasteiger partial charge in [-0.1, -0.05) is 0 Å². The van der Waals surface area contributed by atoms with Gasteiger partial charge in [0, 0.05) is 26.7 Å². The molecule has 0 aromatic carbocycles. The molecule has 1 aliphatic heterocycles. The Hall–Kier alpha value is -0.260. The van der Waals surface area contributed by atoms with E-state index in [2.05, 4.69) is 10.3 Å². The minimum absolute atomic E-state index is 0. The van der Waals surface area contributed by atoms with Gasteiger partial charge in [0.05, 0.1) is 16.9 Å². The summed E-state index contributed by atoms with van der Waals surface area (Å²) in [5.74, 6) is 0.275. The predicted octanol–water partition coefficient (Wildman–Crippen LogP) is 1.64. The summed E-state index contributed by atoms with van der Waals surface area (Å²) < 4.78 is 59.1. The molecule has 0 aliphatic carbocycles. The molecular weight excluding hydrogens is 422 g/mol. The van der Waals surface area contributed by atoms with Crippen molar-refractivity contribution in [1.82, 2.24) is 10.2 Å². The smallest absolute Gasteiger partial charge is 0.356 e. The van der Waals surface area contributed by atoms with E-state index in [-0.39, 0.29) is 49.4 Å². The monoisotopic (exact) mass is 443 g/mol. The van der Waals surface area contributed by atoms with Crippen molar-refractivity contribution in [2.75, 3.05) is 32.4 Å². The average Bonchev–Trinajstić information content (AvgIpc) is 2.27. The number of aliphatic imine (C=N–C) groups is 1. The number of sulfone groups is 1. The lowest BCUT2D eigenvalue weighted by Crippen LogP contribution is -2.57. The standard InChI is InChI=1S/C11H20F3N3O2S.HI/c1-10(2)8-17(6-7-20(10,18)19)9(15-3)16-5-4-11(12,13)14;/h4-8H2,1-3H3,(H,15,16);1H. The van der Waals surface area contributed by atoms with Gasteiger partial charge in [0.15, 0.2) is 15.8 Å². The van der Waals surface area contributed by atoms with Crippen molar-refractivity contribution in [2.45, 2.75) is 31.2 Å². The van der Waals surface area contributed by atoms with Crippen molar-refractivity contribution >= 4 is 39.8 Å². The number of rotatable bonds is 2. The number of hydrogen-bond acceptors (Lipinski definition) is 3. The van der Waals surface area contributed by atoms with Crippen LogP contribution in [0.4, 0.5) is 13.2 Å². The molecular formula is C11H21F3IN3O2S. The van der Waals surface area contributed by atoms with Crippen LogP contribution in [0.5, 0.6) is 0 Å². The van der Waals surface area contributed by atoms with Crippen molar-refractivity contribution in [1.29, 1.82) is 0 Å². The van der Waals surface area contributed by atoms with E-state index >= 15 is 0 Å². The van der Waals surface area contributed by atoms with E-state index < -0.39 is 27.2 Å². The average molecular weight is 443 g/mol. The predicted molar refractivity (Wildman–Crippen MR) is 86.9 cm³/mol. The summed E-state index contributed by atoms with van der Waals surface area (Å²) in [7, 11) is -1.72. The third-order valence-corrected chi connectivity index (χ3v) is 5.78. The maximum absolute atomic E-state index is 12.1. The summed E-state index contributed by atoms with van der Waals surface area (Å²) in [6.07, 6.45) is -5.18. The Labute approximate surface area is 140 Å². The third-order valence-electron chi connectivity index (χ3n) is 3.25. The lowest BCUT2D eigenvalue weighted by atomic mass is 10.2. The first kappa shape index (κ1) is 20.7. The van der Waals surface area contributed by atoms with Crippen LogP contribution >= 0.6 is 24.0 Å². The summed E-state index contributed by atoms with van der Waals surface area (Å²) in [6.45, 7) is 3.38. The van der Waals surface area contributed by atoms with Gasteiger partial charge >= 0.3 is 6.18 Å². The van der Waals surface area contributed by atoms with Gasteiger partial charge in [-0.25, -0.2) is 8.42 Å². The summed E-state index contributed by atoms with van der Waals surface area (Å²) >= 11 is 0. The lowest BCUT2D eigenvalue weighted by molar-refractivity contribution is -0.132. The zero-order chi connectivity index (χ0) is 15.6. The van der Waals surface area contributed by atoms with E-state index in [9.17, 15) is 21.6 Å². The van der Waals surface area contributed by atoms with Crippen molar-refractivity contribution in [3.05, 3.63) is 0 Å². The normalized spacial score (nSPS) is 21.6. The van der Waals surface area contributed by atoms with E-state index in [1.165, 1.54) is 7.05 Å². The van der Waals surface area contributed by atoms with E-state index in [1.807, 2.05) is 0 Å². The fraction of sp³-hybridized carbons (Fsp3) is 0.909. The minimum atomic E-state index is -4.23. The highest BCUT2D eigenvalue weighted by Crippen LogP contribution is 2.24. The van der Waals surface area contributed by atoms with E-state index in [4.69, 9.17) is 0 Å². The van der Waals surface area contributed by atoms with Gasteiger partial charge in [0.2, 0.25) is 0 Å². The largest absolute Gasteiger partial charge is 0.390 e. The Morgan fingerprint density at radius 1 is 1.38 bits per heavy atom. The Balaban J connectivity index is 0.00000400. The van der Waals surface area contributed by atoms with Crippen molar-refractivity contribution in [2.24, 2.45) is 4.99 Å². The molecule has 0 unspecified atom stereocenters. The molecule has 0 aromatic heterocycles. The molecule has 0 spiro atoms. The zero-order valence-electron chi connectivity index (χ0n) is 12.2. The van der Waals surface area contributed by atoms with Gasteiger partial charge in [-0.2, -0.15) is 13.2 Å². The number of guanidine groups is 1. The molecule has 0 aromatic rings. The van der Waals surface area contributed by atoms with Crippen LogP contribution in [0.2, 0.25) is 0 Å². The molecule has 1 N–H and O–H groups in total. The Kier molecular flexibility index (Phi) is 7.25. The fourth-order valence-corrected chi connectivity index (χ4v) is 3.34. The van der Waals surface area contributed by atoms with Gasteiger partial charge in [-0.05, 0) is 13.8 Å². The zero-order valence-corrected chi connectivity index (χ0v) is 15.3. The first-order chi connectivity index (χ1) is 8.98. The molecule has 0 atom stereocenters. The number of alkyl halides is 3. The fourth-order valence-electron chi connectivity index (χ4n) is 1.97. The van der Waals surface area contributed by atoms with Crippen LogP contribution in [-0.4, -0.2) is 62.6 Å². The molecule has 0 saturated carbocycles. The van der Waals surface area contributed by atoms with Crippen LogP contribution < -0.4 is 5.32 Å². The number of hydrogen-bond donors (Lipinski definition) is 1. The maximum Gasteiger partial charge on any atom is 0.390 e. The number of nitrogens with one attached hydrogen (secondary N) is 1. The van der Waals surface area contributed by atoms with Crippen LogP contribution in [0.15, 0.2) is 4.99 Å². The van der Waals surface area contributed by atoms with E-state index in [1.54, 1.807) is 18.7 Å². The molecule has 1 rings (SSSR count). The van der Waals surface area contributed by atoms with E-state index in [0.717, 1.165) is 0 Å². The molecule has 0 radical (unpaired) electrons. The second-order valence-corrected chi connectivity index (χ2v) is 8.08. The summed E-state index contributed by atoms with van der Waals surface area (Å²) in [5, 5.41) is 2.62. The van der Waals surface area contributed by atoms with E-state index in [0.29, 0.717) is 5.96 Å². The first-order valence-electron chi connectivity index (χ1n) is 6.23. The summed E-state index contributed by atoms with van der Waals surface area (Å²) in [4.78, 5) is 5.59. The van der Waals surface area contributed by atoms with Crippen LogP contribution in [0.25, 0.3) is 0 Å². The molecule has 1 fully saturated rings. The van der Waals surface area contributed by atoms with Crippen molar-refractivity contribution < 1.29 is 21.6 Å². The van der Waals surface area contributed by atoms with Crippen LogP contribution in [0.1, 0.15) is 20.3 Å². The third kappa shape index (κ3) is 5.80. The molecule has 1 aliphatic rings. The van der Waals surface area contributed by atoms with Gasteiger partial charge in [-0.3, -0.25) is 4.99 Å². The second kappa shape index (κ2) is 7.34. The second-order valence-electron chi connectivity index (χ2n) is 5.34. The highest BCUT2D eigenvalue weighted by atomic mass is 127. The molecule has 10 heteroatoms. The van der Waals surface area contributed by atoms with Crippen LogP contribution in [0.3, 0.4) is 0 Å². The van der Waals surface area contributed by atoms with Gasteiger partial charge in [0.1, 0.15) is 0 Å². The minimum Gasteiger partial charge on any atom is -0.356 e. The summed E-state index contributed by atoms with van der Waals surface area (Å²) in [5.41, 5.74) is 0. The van der Waals surface area contributed by atoms with Crippen molar-refractivity contribution in [3.8, 4) is 0 Å². The first-order valence-corrected chi connectivity index (χ1v) is 7.88. The molecule has 0 amide bonds. The Bertz CT molecular complexity index is 478.